The average molecular weight is 378 g/mol. The highest BCUT2D eigenvalue weighted by atomic mass is 16.5. The minimum Gasteiger partial charge on any atom is -0.334 e. The molecule has 2 aromatic heterocycles. The van der Waals surface area contributed by atoms with Gasteiger partial charge >= 0.3 is 0 Å². The van der Waals surface area contributed by atoms with Crippen LogP contribution in [0.1, 0.15) is 41.3 Å². The molecular formula is C21H22N4O3. The van der Waals surface area contributed by atoms with Gasteiger partial charge in [-0.2, -0.15) is 4.98 Å². The third kappa shape index (κ3) is 3.74. The van der Waals surface area contributed by atoms with Crippen LogP contribution in [0.4, 0.5) is 5.69 Å². The third-order valence-corrected chi connectivity index (χ3v) is 4.87. The molecule has 0 spiro atoms. The van der Waals surface area contributed by atoms with Crippen molar-refractivity contribution in [1.29, 1.82) is 0 Å². The summed E-state index contributed by atoms with van der Waals surface area (Å²) >= 11 is 0. The van der Waals surface area contributed by atoms with Crippen LogP contribution >= 0.6 is 0 Å². The van der Waals surface area contributed by atoms with Gasteiger partial charge in [-0.15, -0.1) is 0 Å². The van der Waals surface area contributed by atoms with Crippen molar-refractivity contribution in [3.8, 4) is 11.5 Å². The predicted molar refractivity (Wildman–Crippen MR) is 105 cm³/mol. The van der Waals surface area contributed by atoms with Crippen LogP contribution in [0.5, 0.6) is 0 Å². The number of hydrogen-bond donors (Lipinski definition) is 1. The molecule has 4 rings (SSSR count). The summed E-state index contributed by atoms with van der Waals surface area (Å²) < 4.78 is 6.66. The fourth-order valence-corrected chi connectivity index (χ4v) is 3.35. The van der Waals surface area contributed by atoms with E-state index in [4.69, 9.17) is 4.52 Å². The zero-order valence-corrected chi connectivity index (χ0v) is 16.2. The second-order valence-corrected chi connectivity index (χ2v) is 7.44. The molecule has 1 aliphatic carbocycles. The van der Waals surface area contributed by atoms with Crippen LogP contribution in [0.25, 0.3) is 11.5 Å². The maximum absolute atomic E-state index is 12.6. The zero-order chi connectivity index (χ0) is 19.8. The highest BCUT2D eigenvalue weighted by Gasteiger charge is 2.29. The van der Waals surface area contributed by atoms with Gasteiger partial charge in [0.15, 0.2) is 5.82 Å². The molecule has 144 valence electrons. The van der Waals surface area contributed by atoms with E-state index in [0.717, 1.165) is 35.2 Å². The first-order valence-corrected chi connectivity index (χ1v) is 9.33. The Morgan fingerprint density at radius 1 is 1.21 bits per heavy atom. The van der Waals surface area contributed by atoms with Crippen LogP contribution in [0.3, 0.4) is 0 Å². The summed E-state index contributed by atoms with van der Waals surface area (Å²) in [4.78, 5) is 29.2. The quantitative estimate of drug-likeness (QED) is 0.735. The number of nitrogens with zero attached hydrogens (tertiary/aromatic N) is 3. The van der Waals surface area contributed by atoms with E-state index in [0.29, 0.717) is 23.2 Å². The van der Waals surface area contributed by atoms with Gasteiger partial charge < -0.3 is 14.4 Å². The summed E-state index contributed by atoms with van der Waals surface area (Å²) in [5.74, 6) is 1.19. The Morgan fingerprint density at radius 3 is 2.61 bits per heavy atom. The van der Waals surface area contributed by atoms with Crippen LogP contribution in [-0.4, -0.2) is 20.6 Å². The van der Waals surface area contributed by atoms with Gasteiger partial charge in [-0.25, -0.2) is 0 Å². The second-order valence-electron chi connectivity index (χ2n) is 7.44. The maximum atomic E-state index is 12.6. The summed E-state index contributed by atoms with van der Waals surface area (Å²) in [5, 5.41) is 6.92. The smallest absolute Gasteiger partial charge is 0.259 e. The van der Waals surface area contributed by atoms with Crippen molar-refractivity contribution in [3.05, 3.63) is 63.3 Å². The molecule has 1 amide bonds. The van der Waals surface area contributed by atoms with E-state index in [1.807, 2.05) is 32.9 Å². The predicted octanol–water partition coefficient (Wildman–Crippen LogP) is 3.34. The number of rotatable bonds is 5. The zero-order valence-electron chi connectivity index (χ0n) is 16.2. The molecule has 1 aromatic carbocycles. The molecule has 7 heteroatoms. The minimum atomic E-state index is -0.266. The Hall–Kier alpha value is -3.22. The Bertz CT molecular complexity index is 1090. The van der Waals surface area contributed by atoms with Gasteiger partial charge in [0.05, 0.1) is 5.56 Å². The molecule has 0 saturated heterocycles. The first-order valence-electron chi connectivity index (χ1n) is 9.33. The lowest BCUT2D eigenvalue weighted by Crippen LogP contribution is -2.27. The summed E-state index contributed by atoms with van der Waals surface area (Å²) in [6.07, 6.45) is 3.74. The van der Waals surface area contributed by atoms with Crippen molar-refractivity contribution < 1.29 is 9.32 Å². The van der Waals surface area contributed by atoms with Gasteiger partial charge in [-0.05, 0) is 50.8 Å². The van der Waals surface area contributed by atoms with Gasteiger partial charge in [0.1, 0.15) is 6.54 Å². The molecule has 0 bridgehead atoms. The van der Waals surface area contributed by atoms with E-state index in [1.165, 1.54) is 10.6 Å². The molecule has 2 heterocycles. The number of carbonyl (C=O) groups is 1. The van der Waals surface area contributed by atoms with Crippen molar-refractivity contribution in [2.75, 3.05) is 5.32 Å². The number of pyridine rings is 1. The van der Waals surface area contributed by atoms with Gasteiger partial charge in [0.2, 0.25) is 5.91 Å². The van der Waals surface area contributed by atoms with E-state index >= 15 is 0 Å². The first-order chi connectivity index (χ1) is 13.4. The molecule has 28 heavy (non-hydrogen) atoms. The van der Waals surface area contributed by atoms with E-state index in [1.54, 1.807) is 12.3 Å². The number of aromatic nitrogens is 3. The SMILES string of the molecule is Cc1cc(C)c(NC(=O)Cn2cc(-c3nc(C4CC4)no3)ccc2=O)c(C)c1. The standard InChI is InChI=1S/C21H22N4O3/c1-12-8-13(2)19(14(3)9-12)22-17(26)11-25-10-16(6-7-18(25)27)21-23-20(24-28-21)15-4-5-15/h6-10,15H,4-5,11H2,1-3H3,(H,22,26). The summed E-state index contributed by atoms with van der Waals surface area (Å²) in [6, 6.07) is 7.08. The van der Waals surface area contributed by atoms with Crippen molar-refractivity contribution in [2.45, 2.75) is 46.1 Å². The first kappa shape index (κ1) is 18.2. The molecule has 1 saturated carbocycles. The lowest BCUT2D eigenvalue weighted by Gasteiger charge is -2.13. The number of benzene rings is 1. The number of amides is 1. The molecule has 7 nitrogen and oxygen atoms in total. The highest BCUT2D eigenvalue weighted by molar-refractivity contribution is 5.92. The molecule has 0 unspecified atom stereocenters. The van der Waals surface area contributed by atoms with Crippen LogP contribution in [-0.2, 0) is 11.3 Å². The second kappa shape index (κ2) is 7.07. The molecule has 3 aromatic rings. The van der Waals surface area contributed by atoms with E-state index in [2.05, 4.69) is 15.5 Å². The highest BCUT2D eigenvalue weighted by Crippen LogP contribution is 2.38. The monoisotopic (exact) mass is 378 g/mol. The molecule has 1 fully saturated rings. The molecule has 0 radical (unpaired) electrons. The van der Waals surface area contributed by atoms with Crippen LogP contribution in [0.2, 0.25) is 0 Å². The molecule has 1 aliphatic rings. The molecule has 0 atom stereocenters. The maximum Gasteiger partial charge on any atom is 0.259 e. The summed E-state index contributed by atoms with van der Waals surface area (Å²) in [7, 11) is 0. The van der Waals surface area contributed by atoms with Crippen LogP contribution in [0, 0.1) is 20.8 Å². The van der Waals surface area contributed by atoms with Crippen molar-refractivity contribution in [2.24, 2.45) is 0 Å². The average Bonchev–Trinajstić information content (AvgIpc) is 3.37. The number of aryl methyl sites for hydroxylation is 3. The Morgan fingerprint density at radius 2 is 1.93 bits per heavy atom. The van der Waals surface area contributed by atoms with Crippen LogP contribution < -0.4 is 10.9 Å². The summed E-state index contributed by atoms with van der Waals surface area (Å²) in [6.45, 7) is 5.83. The summed E-state index contributed by atoms with van der Waals surface area (Å²) in [5.41, 5.74) is 4.26. The van der Waals surface area contributed by atoms with Gasteiger partial charge in [-0.3, -0.25) is 9.59 Å². The fourth-order valence-electron chi connectivity index (χ4n) is 3.35. The van der Waals surface area contributed by atoms with Crippen molar-refractivity contribution in [1.82, 2.24) is 14.7 Å². The number of anilines is 1. The topological polar surface area (TPSA) is 90.0 Å². The van der Waals surface area contributed by atoms with Crippen LogP contribution in [0.15, 0.2) is 39.8 Å². The van der Waals surface area contributed by atoms with E-state index in [9.17, 15) is 9.59 Å². The lowest BCUT2D eigenvalue weighted by atomic mass is 10.1. The lowest BCUT2D eigenvalue weighted by molar-refractivity contribution is -0.116. The van der Waals surface area contributed by atoms with E-state index in [-0.39, 0.29) is 18.0 Å². The molecule has 1 N–H and O–H groups in total. The van der Waals surface area contributed by atoms with E-state index < -0.39 is 0 Å². The number of nitrogens with one attached hydrogen (secondary N) is 1. The molecule has 0 aliphatic heterocycles. The van der Waals surface area contributed by atoms with Crippen molar-refractivity contribution in [3.63, 3.8) is 0 Å². The Kier molecular flexibility index (Phi) is 4.58. The normalized spacial score (nSPS) is 13.5. The number of carbonyl (C=O) groups excluding carboxylic acids is 1. The van der Waals surface area contributed by atoms with Crippen molar-refractivity contribution >= 4 is 11.6 Å². The van der Waals surface area contributed by atoms with Gasteiger partial charge in [-0.1, -0.05) is 22.9 Å². The largest absolute Gasteiger partial charge is 0.334 e. The minimum absolute atomic E-state index is 0.0942. The molecular weight excluding hydrogens is 356 g/mol. The van der Waals surface area contributed by atoms with Gasteiger partial charge in [0, 0.05) is 23.9 Å². The van der Waals surface area contributed by atoms with Gasteiger partial charge in [0.25, 0.3) is 11.4 Å². The Balaban J connectivity index is 1.54. The third-order valence-electron chi connectivity index (χ3n) is 4.87. The Labute approximate surface area is 162 Å². The number of hydrogen-bond acceptors (Lipinski definition) is 5. The fraction of sp³-hybridized carbons (Fsp3) is 0.333.